The topological polar surface area (TPSA) is 165 Å². The van der Waals surface area contributed by atoms with Gasteiger partial charge in [-0.05, 0) is 6.07 Å². The van der Waals surface area contributed by atoms with Crippen molar-refractivity contribution in [2.45, 2.75) is 12.1 Å². The molecule has 120 valence electrons. The largest absolute Gasteiger partial charge is 0.390 e. The molecule has 0 aliphatic carbocycles. The molecule has 0 radical (unpaired) electrons. The van der Waals surface area contributed by atoms with Crippen molar-refractivity contribution in [2.75, 3.05) is 16.9 Å². The maximum atomic E-state index is 11.3. The van der Waals surface area contributed by atoms with Crippen LogP contribution in [0.5, 0.6) is 0 Å². The number of sulfone groups is 1. The fourth-order valence-corrected chi connectivity index (χ4v) is 3.77. The van der Waals surface area contributed by atoms with Crippen molar-refractivity contribution < 1.29 is 23.4 Å². The van der Waals surface area contributed by atoms with Gasteiger partial charge in [-0.2, -0.15) is 0 Å². The van der Waals surface area contributed by atoms with E-state index in [2.05, 4.69) is 10.9 Å². The molecular formula is C10H12N4O7S. The van der Waals surface area contributed by atoms with E-state index in [-0.39, 0.29) is 11.4 Å². The van der Waals surface area contributed by atoms with Crippen molar-refractivity contribution in [2.24, 2.45) is 0 Å². The van der Waals surface area contributed by atoms with Crippen molar-refractivity contribution in [3.05, 3.63) is 38.4 Å². The average molecular weight is 332 g/mol. The minimum absolute atomic E-state index is 0.0768. The fraction of sp³-hybridized carbons (Fsp3) is 0.400. The number of hydrazine groups is 1. The molecule has 1 aromatic rings. The number of nitro benzene ring substituents is 2. The molecule has 1 saturated heterocycles. The zero-order chi connectivity index (χ0) is 16.5. The Balaban J connectivity index is 2.16. The van der Waals surface area contributed by atoms with E-state index in [1.807, 2.05) is 0 Å². The number of hydrogen-bond acceptors (Lipinski definition) is 9. The predicted molar refractivity (Wildman–Crippen MR) is 75.0 cm³/mol. The van der Waals surface area contributed by atoms with Crippen LogP contribution in [0, 0.1) is 20.2 Å². The summed E-state index contributed by atoms with van der Waals surface area (Å²) in [7, 11) is -3.37. The number of aliphatic hydroxyl groups excluding tert-OH is 1. The molecule has 22 heavy (non-hydrogen) atoms. The van der Waals surface area contributed by atoms with Gasteiger partial charge in [0.1, 0.15) is 5.69 Å². The van der Waals surface area contributed by atoms with Gasteiger partial charge in [-0.25, -0.2) is 13.8 Å². The van der Waals surface area contributed by atoms with E-state index >= 15 is 0 Å². The Morgan fingerprint density at radius 2 is 1.86 bits per heavy atom. The van der Waals surface area contributed by atoms with Crippen molar-refractivity contribution >= 4 is 26.9 Å². The summed E-state index contributed by atoms with van der Waals surface area (Å²) in [6.07, 6.45) is -1.14. The van der Waals surface area contributed by atoms with Crippen LogP contribution in [0.3, 0.4) is 0 Å². The molecule has 2 rings (SSSR count). The van der Waals surface area contributed by atoms with E-state index in [1.165, 1.54) is 0 Å². The van der Waals surface area contributed by atoms with E-state index in [9.17, 15) is 33.8 Å². The average Bonchev–Trinajstić information content (AvgIpc) is 2.68. The molecule has 0 aromatic heterocycles. The molecule has 1 aromatic carbocycles. The van der Waals surface area contributed by atoms with Crippen molar-refractivity contribution in [1.82, 2.24) is 5.43 Å². The molecule has 0 spiro atoms. The normalized spacial score (nSPS) is 23.1. The van der Waals surface area contributed by atoms with Gasteiger partial charge in [0, 0.05) is 6.07 Å². The number of non-ortho nitro benzene ring substituents is 1. The van der Waals surface area contributed by atoms with Crippen molar-refractivity contribution in [3.8, 4) is 0 Å². The monoisotopic (exact) mass is 332 g/mol. The van der Waals surface area contributed by atoms with E-state index in [4.69, 9.17) is 0 Å². The lowest BCUT2D eigenvalue weighted by Gasteiger charge is -2.16. The molecule has 0 saturated carbocycles. The van der Waals surface area contributed by atoms with Gasteiger partial charge in [-0.1, -0.05) is 0 Å². The van der Waals surface area contributed by atoms with Crippen LogP contribution in [0.1, 0.15) is 0 Å². The zero-order valence-electron chi connectivity index (χ0n) is 11.0. The lowest BCUT2D eigenvalue weighted by Crippen LogP contribution is -2.42. The van der Waals surface area contributed by atoms with Gasteiger partial charge >= 0.3 is 5.69 Å². The first-order valence-electron chi connectivity index (χ1n) is 6.02. The Morgan fingerprint density at radius 3 is 2.36 bits per heavy atom. The maximum Gasteiger partial charge on any atom is 0.300 e. The van der Waals surface area contributed by atoms with Gasteiger partial charge < -0.3 is 10.5 Å². The van der Waals surface area contributed by atoms with Crippen LogP contribution in [-0.2, 0) is 9.84 Å². The molecule has 1 aliphatic rings. The standard InChI is InChI=1S/C10H12N4O7S/c15-10-5-22(20,21)4-8(10)12-11-7-2-1-6(13(16)17)3-9(7)14(18)19/h1-3,8,10-12,15H,4-5H2. The third-order valence-electron chi connectivity index (χ3n) is 3.10. The Bertz CT molecular complexity index is 720. The third kappa shape index (κ3) is 3.47. The highest BCUT2D eigenvalue weighted by Crippen LogP contribution is 2.28. The summed E-state index contributed by atoms with van der Waals surface area (Å²) < 4.78 is 22.7. The molecular weight excluding hydrogens is 320 g/mol. The molecule has 1 heterocycles. The SMILES string of the molecule is O=[N+]([O-])c1ccc(NNC2CS(=O)(=O)CC2O)c([N+](=O)[O-])c1. The third-order valence-corrected chi connectivity index (χ3v) is 4.82. The van der Waals surface area contributed by atoms with Crippen LogP contribution >= 0.6 is 0 Å². The molecule has 0 amide bonds. The second-order valence-electron chi connectivity index (χ2n) is 4.74. The molecule has 0 bridgehead atoms. The van der Waals surface area contributed by atoms with Crippen LogP contribution in [0.25, 0.3) is 0 Å². The zero-order valence-corrected chi connectivity index (χ0v) is 11.8. The fourth-order valence-electron chi connectivity index (χ4n) is 2.03. The lowest BCUT2D eigenvalue weighted by atomic mass is 10.2. The molecule has 11 nitrogen and oxygen atoms in total. The molecule has 2 unspecified atom stereocenters. The Hall–Kier alpha value is -2.31. The summed E-state index contributed by atoms with van der Waals surface area (Å²) in [4.78, 5) is 20.0. The first-order chi connectivity index (χ1) is 10.2. The van der Waals surface area contributed by atoms with Gasteiger partial charge in [0.25, 0.3) is 5.69 Å². The minimum atomic E-state index is -3.37. The van der Waals surface area contributed by atoms with Gasteiger partial charge in [-0.3, -0.25) is 20.2 Å². The number of anilines is 1. The Morgan fingerprint density at radius 1 is 1.18 bits per heavy atom. The summed E-state index contributed by atoms with van der Waals surface area (Å²) in [5.41, 5.74) is 3.86. The number of nitro groups is 2. The van der Waals surface area contributed by atoms with Gasteiger partial charge in [0.15, 0.2) is 9.84 Å². The summed E-state index contributed by atoms with van der Waals surface area (Å²) >= 11 is 0. The van der Waals surface area contributed by atoms with Crippen LogP contribution in [0.15, 0.2) is 18.2 Å². The number of nitrogens with zero attached hydrogens (tertiary/aromatic N) is 2. The molecule has 3 N–H and O–H groups in total. The molecule has 2 atom stereocenters. The summed E-state index contributed by atoms with van der Waals surface area (Å²) in [6.45, 7) is 0. The Kier molecular flexibility index (Phi) is 4.25. The van der Waals surface area contributed by atoms with Gasteiger partial charge in [-0.15, -0.1) is 0 Å². The highest BCUT2D eigenvalue weighted by atomic mass is 32.2. The van der Waals surface area contributed by atoms with E-state index < -0.39 is 49.0 Å². The minimum Gasteiger partial charge on any atom is -0.390 e. The number of aliphatic hydroxyl groups is 1. The first kappa shape index (κ1) is 16.1. The van der Waals surface area contributed by atoms with Crippen molar-refractivity contribution in [3.63, 3.8) is 0 Å². The van der Waals surface area contributed by atoms with Gasteiger partial charge in [0.05, 0.1) is 39.6 Å². The van der Waals surface area contributed by atoms with Crippen LogP contribution in [0.4, 0.5) is 17.1 Å². The summed E-state index contributed by atoms with van der Waals surface area (Å²) in [5.74, 6) is -0.712. The van der Waals surface area contributed by atoms with E-state index in [1.54, 1.807) is 0 Å². The highest BCUT2D eigenvalue weighted by Gasteiger charge is 2.36. The second kappa shape index (κ2) is 5.82. The quantitative estimate of drug-likeness (QED) is 0.479. The number of benzene rings is 1. The van der Waals surface area contributed by atoms with Crippen LogP contribution < -0.4 is 10.9 Å². The second-order valence-corrected chi connectivity index (χ2v) is 6.89. The van der Waals surface area contributed by atoms with Crippen LogP contribution in [-0.4, -0.2) is 47.0 Å². The highest BCUT2D eigenvalue weighted by molar-refractivity contribution is 7.91. The summed E-state index contributed by atoms with van der Waals surface area (Å²) in [6, 6.07) is 2.14. The lowest BCUT2D eigenvalue weighted by molar-refractivity contribution is -0.393. The van der Waals surface area contributed by atoms with Gasteiger partial charge in [0.2, 0.25) is 0 Å². The first-order valence-corrected chi connectivity index (χ1v) is 7.84. The van der Waals surface area contributed by atoms with Crippen molar-refractivity contribution in [1.29, 1.82) is 0 Å². The maximum absolute atomic E-state index is 11.3. The Labute approximate surface area is 124 Å². The van der Waals surface area contributed by atoms with E-state index in [0.29, 0.717) is 0 Å². The molecule has 1 fully saturated rings. The smallest absolute Gasteiger partial charge is 0.300 e. The van der Waals surface area contributed by atoms with E-state index in [0.717, 1.165) is 18.2 Å². The number of nitrogens with one attached hydrogen (secondary N) is 2. The predicted octanol–water partition coefficient (Wildman–Crippen LogP) is -0.423. The molecule has 1 aliphatic heterocycles. The summed E-state index contributed by atoms with van der Waals surface area (Å²) in [5, 5.41) is 31.1. The number of hydrogen-bond donors (Lipinski definition) is 3. The molecule has 12 heteroatoms. The number of rotatable bonds is 5. The van der Waals surface area contributed by atoms with Crippen LogP contribution in [0.2, 0.25) is 0 Å².